The summed E-state index contributed by atoms with van der Waals surface area (Å²) >= 11 is 12.0. The van der Waals surface area contributed by atoms with Crippen LogP contribution in [0.15, 0.2) is 51.5 Å². The zero-order valence-electron chi connectivity index (χ0n) is 11.8. The van der Waals surface area contributed by atoms with Crippen LogP contribution in [0.1, 0.15) is 13.8 Å². The Kier molecular flexibility index (Phi) is 4.94. The molecule has 0 amide bonds. The van der Waals surface area contributed by atoms with E-state index >= 15 is 0 Å². The second kappa shape index (κ2) is 6.40. The molecule has 22 heavy (non-hydrogen) atoms. The third kappa shape index (κ3) is 3.19. The van der Waals surface area contributed by atoms with Crippen molar-refractivity contribution < 1.29 is 17.5 Å². The summed E-state index contributed by atoms with van der Waals surface area (Å²) < 4.78 is 28.8. The topological polar surface area (TPSA) is 72.8 Å². The molecule has 8 heteroatoms. The van der Waals surface area contributed by atoms with Crippen molar-refractivity contribution in [3.05, 3.63) is 41.5 Å². The summed E-state index contributed by atoms with van der Waals surface area (Å²) in [5.41, 5.74) is 0.986. The number of halogens is 2. The van der Waals surface area contributed by atoms with Crippen molar-refractivity contribution in [3.8, 4) is 0 Å². The van der Waals surface area contributed by atoms with Crippen LogP contribution in [0.25, 0.3) is 0 Å². The number of hydrogen-bond donors (Lipinski definition) is 0. The summed E-state index contributed by atoms with van der Waals surface area (Å²) in [5, 5.41) is 1.67. The molecule has 1 aromatic carbocycles. The van der Waals surface area contributed by atoms with Crippen LogP contribution in [0.2, 0.25) is 0 Å². The summed E-state index contributed by atoms with van der Waals surface area (Å²) in [5.74, 6) is -0.302. The van der Waals surface area contributed by atoms with Gasteiger partial charge in [-0.25, -0.2) is 0 Å². The van der Waals surface area contributed by atoms with Gasteiger partial charge >= 0.3 is 10.1 Å². The fourth-order valence-electron chi connectivity index (χ4n) is 1.90. The lowest BCUT2D eigenvalue weighted by Gasteiger charge is -2.24. The van der Waals surface area contributed by atoms with E-state index in [1.807, 2.05) is 0 Å². The molecule has 1 aliphatic carbocycles. The van der Waals surface area contributed by atoms with Gasteiger partial charge in [0.25, 0.3) is 0 Å². The Morgan fingerprint density at radius 2 is 1.64 bits per heavy atom. The van der Waals surface area contributed by atoms with Crippen LogP contribution in [0.5, 0.6) is 0 Å². The molecule has 0 fully saturated rings. The van der Waals surface area contributed by atoms with Crippen LogP contribution in [-0.2, 0) is 19.2 Å². The summed E-state index contributed by atoms with van der Waals surface area (Å²) in [7, 11) is -4.05. The second-order valence-electron chi connectivity index (χ2n) is 4.74. The molecule has 0 aromatic heterocycles. The lowest BCUT2D eigenvalue weighted by Crippen LogP contribution is -2.38. The molecule has 0 bridgehead atoms. The predicted octanol–water partition coefficient (Wildman–Crippen LogP) is 2.88. The number of alkyl halides is 2. The van der Waals surface area contributed by atoms with Gasteiger partial charge in [0.15, 0.2) is 5.78 Å². The van der Waals surface area contributed by atoms with Crippen molar-refractivity contribution in [3.63, 3.8) is 0 Å². The van der Waals surface area contributed by atoms with Gasteiger partial charge in [-0.15, -0.1) is 23.2 Å². The number of nitrogens with zero attached hydrogens (tertiary/aromatic N) is 1. The van der Waals surface area contributed by atoms with E-state index in [2.05, 4.69) is 5.16 Å². The number of Topliss-reactive ketones (excluding diaryl/α,β-unsaturated/α-hetero) is 1. The molecule has 0 heterocycles. The zero-order valence-corrected chi connectivity index (χ0v) is 14.1. The average Bonchev–Trinajstić information content (AvgIpc) is 2.52. The monoisotopic (exact) mass is 361 g/mol. The maximum atomic E-state index is 12.0. The van der Waals surface area contributed by atoms with Gasteiger partial charge in [-0.1, -0.05) is 23.4 Å². The minimum atomic E-state index is -4.05. The standard InChI is InChI=1S/C14H13Cl2NO4S/c1-8-9(2)14(18)12(16)11(15)13(8)17-21-22(19,20)10-6-4-3-5-7-10/h3-7,11-12H,1-2H3/b17-13+/t11-,12+/m1/s1. The molecular formula is C14H13Cl2NO4S. The van der Waals surface area contributed by atoms with Gasteiger partial charge in [-0.2, -0.15) is 8.42 Å². The van der Waals surface area contributed by atoms with Crippen molar-refractivity contribution in [2.24, 2.45) is 5.16 Å². The lowest BCUT2D eigenvalue weighted by molar-refractivity contribution is -0.115. The first-order valence-electron chi connectivity index (χ1n) is 6.32. The molecule has 0 unspecified atom stereocenters. The summed E-state index contributed by atoms with van der Waals surface area (Å²) in [6.07, 6.45) is 0. The third-order valence-electron chi connectivity index (χ3n) is 3.35. The van der Waals surface area contributed by atoms with Gasteiger partial charge < -0.3 is 0 Å². The van der Waals surface area contributed by atoms with Gasteiger partial charge in [0.05, 0.1) is 0 Å². The maximum absolute atomic E-state index is 12.0. The van der Waals surface area contributed by atoms with Crippen molar-refractivity contribution in [1.29, 1.82) is 0 Å². The smallest absolute Gasteiger partial charge is 0.293 e. The number of ketones is 1. The molecule has 2 atom stereocenters. The number of benzene rings is 1. The number of hydrogen-bond acceptors (Lipinski definition) is 5. The van der Waals surface area contributed by atoms with E-state index in [1.54, 1.807) is 32.0 Å². The zero-order chi connectivity index (χ0) is 16.5. The minimum Gasteiger partial charge on any atom is -0.293 e. The van der Waals surface area contributed by atoms with Crippen LogP contribution in [-0.4, -0.2) is 30.7 Å². The highest BCUT2D eigenvalue weighted by atomic mass is 35.5. The van der Waals surface area contributed by atoms with Crippen molar-refractivity contribution in [2.75, 3.05) is 0 Å². The fraction of sp³-hybridized carbons (Fsp3) is 0.286. The highest BCUT2D eigenvalue weighted by Crippen LogP contribution is 2.28. The van der Waals surface area contributed by atoms with E-state index in [4.69, 9.17) is 27.5 Å². The third-order valence-corrected chi connectivity index (χ3v) is 5.51. The number of allylic oxidation sites excluding steroid dienone is 2. The van der Waals surface area contributed by atoms with Crippen LogP contribution < -0.4 is 0 Å². The van der Waals surface area contributed by atoms with E-state index in [1.165, 1.54) is 12.1 Å². The molecule has 0 aliphatic heterocycles. The summed E-state index contributed by atoms with van der Waals surface area (Å²) in [4.78, 5) is 11.8. The highest BCUT2D eigenvalue weighted by Gasteiger charge is 2.37. The van der Waals surface area contributed by atoms with E-state index in [0.29, 0.717) is 11.1 Å². The normalized spacial score (nSPS) is 24.7. The first kappa shape index (κ1) is 17.0. The second-order valence-corrected chi connectivity index (χ2v) is 7.21. The quantitative estimate of drug-likeness (QED) is 0.612. The Labute approximate surface area is 138 Å². The lowest BCUT2D eigenvalue weighted by atomic mass is 9.90. The average molecular weight is 362 g/mol. The molecule has 0 saturated carbocycles. The number of carbonyl (C=O) groups is 1. The van der Waals surface area contributed by atoms with Gasteiger partial charge in [0.1, 0.15) is 21.4 Å². The Hall–Kier alpha value is -1.37. The Bertz CT molecular complexity index is 756. The minimum absolute atomic E-state index is 0.0295. The van der Waals surface area contributed by atoms with E-state index in [9.17, 15) is 13.2 Å². The van der Waals surface area contributed by atoms with E-state index in [-0.39, 0.29) is 16.4 Å². The van der Waals surface area contributed by atoms with Gasteiger partial charge in [0.2, 0.25) is 0 Å². The summed E-state index contributed by atoms with van der Waals surface area (Å²) in [6.45, 7) is 3.19. The molecule has 0 radical (unpaired) electrons. The summed E-state index contributed by atoms with van der Waals surface area (Å²) in [6, 6.07) is 7.59. The molecule has 0 spiro atoms. The van der Waals surface area contributed by atoms with Crippen LogP contribution in [0.4, 0.5) is 0 Å². The Morgan fingerprint density at radius 3 is 2.23 bits per heavy atom. The Balaban J connectivity index is 2.36. The maximum Gasteiger partial charge on any atom is 0.358 e. The van der Waals surface area contributed by atoms with Crippen LogP contribution in [0.3, 0.4) is 0 Å². The molecule has 0 saturated heterocycles. The SMILES string of the molecule is CC1=C(C)/C(=N\OS(=O)(=O)c2ccccc2)[C@H](Cl)[C@H](Cl)C1=O. The molecule has 118 valence electrons. The van der Waals surface area contributed by atoms with Crippen molar-refractivity contribution in [1.82, 2.24) is 0 Å². The van der Waals surface area contributed by atoms with Crippen LogP contribution in [0, 0.1) is 0 Å². The van der Waals surface area contributed by atoms with Crippen molar-refractivity contribution >= 4 is 44.8 Å². The number of carbonyl (C=O) groups excluding carboxylic acids is 1. The number of oxime groups is 1. The van der Waals surface area contributed by atoms with Crippen molar-refractivity contribution in [2.45, 2.75) is 29.5 Å². The van der Waals surface area contributed by atoms with Gasteiger partial charge in [0, 0.05) is 0 Å². The fourth-order valence-corrected chi connectivity index (χ4v) is 3.26. The largest absolute Gasteiger partial charge is 0.358 e. The Morgan fingerprint density at radius 1 is 1.05 bits per heavy atom. The first-order chi connectivity index (χ1) is 10.3. The highest BCUT2D eigenvalue weighted by molar-refractivity contribution is 7.86. The van der Waals surface area contributed by atoms with Gasteiger partial charge in [-0.3, -0.25) is 9.08 Å². The number of rotatable bonds is 3. The van der Waals surface area contributed by atoms with E-state index in [0.717, 1.165) is 0 Å². The first-order valence-corrected chi connectivity index (χ1v) is 8.60. The molecular weight excluding hydrogens is 349 g/mol. The molecule has 2 rings (SSSR count). The molecule has 5 nitrogen and oxygen atoms in total. The van der Waals surface area contributed by atoms with E-state index < -0.39 is 20.9 Å². The molecule has 1 aliphatic rings. The molecule has 0 N–H and O–H groups in total. The predicted molar refractivity (Wildman–Crippen MR) is 84.8 cm³/mol. The van der Waals surface area contributed by atoms with Crippen LogP contribution >= 0.6 is 23.2 Å². The van der Waals surface area contributed by atoms with Gasteiger partial charge in [-0.05, 0) is 37.1 Å². The molecule has 1 aromatic rings.